The topological polar surface area (TPSA) is 52.0 Å². The second kappa shape index (κ2) is 6.25. The number of benzene rings is 1. The lowest BCUT2D eigenvalue weighted by molar-refractivity contribution is 0.597. The molecule has 0 radical (unpaired) electrons. The monoisotopic (exact) mass is 296 g/mol. The van der Waals surface area contributed by atoms with Crippen molar-refractivity contribution in [3.05, 3.63) is 42.7 Å². The summed E-state index contributed by atoms with van der Waals surface area (Å²) in [6.07, 6.45) is 3.63. The summed E-state index contributed by atoms with van der Waals surface area (Å²) in [5, 5.41) is 0.866. The minimum Gasteiger partial charge on any atom is -0.326 e. The van der Waals surface area contributed by atoms with Crippen LogP contribution >= 0.6 is 11.8 Å². The third-order valence-corrected chi connectivity index (χ3v) is 5.70. The van der Waals surface area contributed by atoms with E-state index in [2.05, 4.69) is 4.98 Å². The largest absolute Gasteiger partial charge is 0.326 e. The molecule has 0 N–H and O–H groups in total. The molecular weight excluding hydrogens is 280 g/mol. The van der Waals surface area contributed by atoms with E-state index in [9.17, 15) is 8.42 Å². The first kappa shape index (κ1) is 14.1. The lowest BCUT2D eigenvalue weighted by atomic mass is 10.4. The number of hydrogen-bond acceptors (Lipinski definition) is 4. The molecule has 102 valence electrons. The Balaban J connectivity index is 1.96. The second-order valence-corrected chi connectivity index (χ2v) is 7.15. The molecule has 6 heteroatoms. The van der Waals surface area contributed by atoms with E-state index in [1.807, 2.05) is 23.8 Å². The first-order chi connectivity index (χ1) is 9.13. The minimum atomic E-state index is -3.19. The highest BCUT2D eigenvalue weighted by molar-refractivity contribution is 8.00. The smallest absolute Gasteiger partial charge is 0.179 e. The van der Waals surface area contributed by atoms with Crippen LogP contribution in [-0.2, 0) is 16.4 Å². The molecule has 2 rings (SSSR count). The molecule has 0 aliphatic rings. The normalized spacial score (nSPS) is 11.6. The van der Waals surface area contributed by atoms with Gasteiger partial charge in [-0.1, -0.05) is 30.0 Å². The first-order valence-electron chi connectivity index (χ1n) is 6.05. The van der Waals surface area contributed by atoms with Crippen LogP contribution in [0.2, 0.25) is 0 Å². The summed E-state index contributed by atoms with van der Waals surface area (Å²) in [6, 6.07) is 8.55. The fraction of sp³-hybridized carbons (Fsp3) is 0.308. The number of nitrogens with zero attached hydrogens (tertiary/aromatic N) is 2. The van der Waals surface area contributed by atoms with Crippen molar-refractivity contribution in [2.24, 2.45) is 0 Å². The Hall–Kier alpha value is -1.27. The lowest BCUT2D eigenvalue weighted by Crippen LogP contribution is -2.09. The zero-order chi connectivity index (χ0) is 13.7. The maximum absolute atomic E-state index is 12.1. The molecule has 0 amide bonds. The van der Waals surface area contributed by atoms with Gasteiger partial charge in [0.2, 0.25) is 0 Å². The molecule has 1 aromatic carbocycles. The molecule has 0 fully saturated rings. The summed E-state index contributed by atoms with van der Waals surface area (Å²) in [4.78, 5) is 4.59. The predicted molar refractivity (Wildman–Crippen MR) is 77.1 cm³/mol. The standard InChI is InChI=1S/C13H16N2O2S2/c1-2-15-9-8-14-13(15)18-10-11-19(16,17)12-6-4-3-5-7-12/h3-9H,2,10-11H2,1H3. The quantitative estimate of drug-likeness (QED) is 0.768. The molecule has 0 aliphatic heterocycles. The highest BCUT2D eigenvalue weighted by Crippen LogP contribution is 2.18. The van der Waals surface area contributed by atoms with Crippen molar-refractivity contribution in [1.82, 2.24) is 9.55 Å². The third kappa shape index (κ3) is 3.61. The molecule has 0 atom stereocenters. The Morgan fingerprint density at radius 1 is 1.26 bits per heavy atom. The Morgan fingerprint density at radius 3 is 2.68 bits per heavy atom. The SMILES string of the molecule is CCn1ccnc1SCCS(=O)(=O)c1ccccc1. The predicted octanol–water partition coefficient (Wildman–Crippen LogP) is 2.47. The van der Waals surface area contributed by atoms with Crippen LogP contribution in [0.4, 0.5) is 0 Å². The molecule has 4 nitrogen and oxygen atoms in total. The van der Waals surface area contributed by atoms with Crippen molar-refractivity contribution in [3.8, 4) is 0 Å². The molecule has 19 heavy (non-hydrogen) atoms. The number of rotatable bonds is 6. The van der Waals surface area contributed by atoms with E-state index in [-0.39, 0.29) is 5.75 Å². The van der Waals surface area contributed by atoms with Crippen molar-refractivity contribution < 1.29 is 8.42 Å². The molecule has 0 unspecified atom stereocenters. The van der Waals surface area contributed by atoms with Gasteiger partial charge in [0, 0.05) is 24.7 Å². The molecular formula is C13H16N2O2S2. The highest BCUT2D eigenvalue weighted by atomic mass is 32.2. The van der Waals surface area contributed by atoms with Gasteiger partial charge in [-0.15, -0.1) is 0 Å². The maximum atomic E-state index is 12.1. The van der Waals surface area contributed by atoms with Crippen LogP contribution < -0.4 is 0 Å². The molecule has 1 aromatic heterocycles. The second-order valence-electron chi connectivity index (χ2n) is 3.98. The zero-order valence-electron chi connectivity index (χ0n) is 10.7. The molecule has 0 bridgehead atoms. The van der Waals surface area contributed by atoms with Gasteiger partial charge in [0.05, 0.1) is 10.6 Å². The molecule has 1 heterocycles. The van der Waals surface area contributed by atoms with Crippen LogP contribution in [0.1, 0.15) is 6.92 Å². The van der Waals surface area contributed by atoms with Gasteiger partial charge in [0.25, 0.3) is 0 Å². The van der Waals surface area contributed by atoms with Gasteiger partial charge in [-0.05, 0) is 19.1 Å². The van der Waals surface area contributed by atoms with Gasteiger partial charge in [-0.25, -0.2) is 13.4 Å². The number of aryl methyl sites for hydroxylation is 1. The van der Waals surface area contributed by atoms with E-state index in [0.717, 1.165) is 11.7 Å². The van der Waals surface area contributed by atoms with Crippen molar-refractivity contribution in [2.45, 2.75) is 23.5 Å². The summed E-state index contributed by atoms with van der Waals surface area (Å²) in [7, 11) is -3.19. The molecule has 0 saturated carbocycles. The van der Waals surface area contributed by atoms with Gasteiger partial charge in [0.1, 0.15) is 0 Å². The summed E-state index contributed by atoms with van der Waals surface area (Å²) in [6.45, 7) is 2.88. The van der Waals surface area contributed by atoms with Gasteiger partial charge >= 0.3 is 0 Å². The van der Waals surface area contributed by atoms with Crippen LogP contribution in [0.5, 0.6) is 0 Å². The van der Waals surface area contributed by atoms with Gasteiger partial charge in [0.15, 0.2) is 15.0 Å². The maximum Gasteiger partial charge on any atom is 0.179 e. The number of aromatic nitrogens is 2. The molecule has 2 aromatic rings. The van der Waals surface area contributed by atoms with Gasteiger partial charge < -0.3 is 4.57 Å². The minimum absolute atomic E-state index is 0.123. The lowest BCUT2D eigenvalue weighted by Gasteiger charge is -2.05. The molecule has 0 aliphatic carbocycles. The zero-order valence-corrected chi connectivity index (χ0v) is 12.3. The Labute approximate surface area is 117 Å². The number of sulfone groups is 1. The summed E-state index contributed by atoms with van der Waals surface area (Å²) < 4.78 is 26.1. The van der Waals surface area contributed by atoms with Gasteiger partial charge in [-0.2, -0.15) is 0 Å². The fourth-order valence-electron chi connectivity index (χ4n) is 1.66. The Morgan fingerprint density at radius 2 is 2.00 bits per heavy atom. The highest BCUT2D eigenvalue weighted by Gasteiger charge is 2.14. The fourth-order valence-corrected chi connectivity index (χ4v) is 4.36. The number of thioether (sulfide) groups is 1. The Bertz CT molecular complexity index is 621. The molecule has 0 saturated heterocycles. The number of imidazole rings is 1. The van der Waals surface area contributed by atoms with Crippen molar-refractivity contribution in [2.75, 3.05) is 11.5 Å². The summed E-state index contributed by atoms with van der Waals surface area (Å²) >= 11 is 1.47. The van der Waals surface area contributed by atoms with Crippen molar-refractivity contribution in [3.63, 3.8) is 0 Å². The van der Waals surface area contributed by atoms with E-state index < -0.39 is 9.84 Å². The summed E-state index contributed by atoms with van der Waals surface area (Å²) in [5.74, 6) is 0.631. The number of hydrogen-bond donors (Lipinski definition) is 0. The van der Waals surface area contributed by atoms with E-state index >= 15 is 0 Å². The Kier molecular flexibility index (Phi) is 4.66. The van der Waals surface area contributed by atoms with Crippen LogP contribution in [0.3, 0.4) is 0 Å². The van der Waals surface area contributed by atoms with E-state index in [1.54, 1.807) is 30.5 Å². The van der Waals surface area contributed by atoms with Crippen molar-refractivity contribution in [1.29, 1.82) is 0 Å². The third-order valence-electron chi connectivity index (χ3n) is 2.70. The van der Waals surface area contributed by atoms with Crippen LogP contribution in [0, 0.1) is 0 Å². The molecule has 0 spiro atoms. The average Bonchev–Trinajstić information content (AvgIpc) is 2.87. The van der Waals surface area contributed by atoms with Gasteiger partial charge in [-0.3, -0.25) is 0 Å². The van der Waals surface area contributed by atoms with E-state index in [1.165, 1.54) is 11.8 Å². The van der Waals surface area contributed by atoms with Crippen LogP contribution in [0.15, 0.2) is 52.8 Å². The van der Waals surface area contributed by atoms with E-state index in [4.69, 9.17) is 0 Å². The van der Waals surface area contributed by atoms with Crippen LogP contribution in [-0.4, -0.2) is 29.5 Å². The summed E-state index contributed by atoms with van der Waals surface area (Å²) in [5.41, 5.74) is 0. The van der Waals surface area contributed by atoms with E-state index in [0.29, 0.717) is 10.6 Å². The average molecular weight is 296 g/mol. The van der Waals surface area contributed by atoms with Crippen molar-refractivity contribution >= 4 is 21.6 Å². The first-order valence-corrected chi connectivity index (χ1v) is 8.69. The van der Waals surface area contributed by atoms with Crippen LogP contribution in [0.25, 0.3) is 0 Å².